The molecule has 3 nitrogen and oxygen atoms in total. The smallest absolute Gasteiger partial charge is 0.125 e. The number of aryl methyl sites for hydroxylation is 2. The molecule has 0 amide bonds. The molecule has 124 valence electrons. The first-order valence-electron chi connectivity index (χ1n) is 7.65. The quantitative estimate of drug-likeness (QED) is 0.384. The molecule has 6 heteroatoms. The third kappa shape index (κ3) is 5.07. The maximum Gasteiger partial charge on any atom is 0.125 e. The molecule has 0 bridgehead atoms. The average molecular weight is 370 g/mol. The Morgan fingerprint density at radius 1 is 1.09 bits per heavy atom. The fraction of sp³-hybridized carbons (Fsp3) is 0.471. The summed E-state index contributed by atoms with van der Waals surface area (Å²) in [4.78, 5) is 14.6. The minimum atomic E-state index is 0.630. The number of nitrogens with zero attached hydrogens (tertiary/aromatic N) is 3. The molecule has 0 fully saturated rings. The van der Waals surface area contributed by atoms with Crippen LogP contribution in [0.1, 0.15) is 41.3 Å². The molecule has 0 atom stereocenters. The maximum atomic E-state index is 6.36. The zero-order valence-electron chi connectivity index (χ0n) is 13.7. The molecule has 2 aromatic rings. The molecule has 2 aromatic heterocycles. The van der Waals surface area contributed by atoms with Gasteiger partial charge >= 0.3 is 0 Å². The molecular weight excluding hydrogens is 349 g/mol. The second-order valence-corrected chi connectivity index (χ2v) is 7.31. The van der Waals surface area contributed by atoms with Gasteiger partial charge < -0.3 is 0 Å². The highest BCUT2D eigenvalue weighted by molar-refractivity contribution is 7.99. The van der Waals surface area contributed by atoms with Crippen LogP contribution in [0.3, 0.4) is 0 Å². The number of rotatable bonds is 7. The Hall–Kier alpha value is -0.840. The maximum absolute atomic E-state index is 6.36. The van der Waals surface area contributed by atoms with Crippen LogP contribution in [0.15, 0.2) is 17.2 Å². The van der Waals surface area contributed by atoms with E-state index in [4.69, 9.17) is 23.2 Å². The predicted molar refractivity (Wildman–Crippen MR) is 99.0 cm³/mol. The molecule has 0 spiro atoms. The van der Waals surface area contributed by atoms with Crippen molar-refractivity contribution in [2.45, 2.75) is 44.9 Å². The molecule has 23 heavy (non-hydrogen) atoms. The zero-order chi connectivity index (χ0) is 16.8. The van der Waals surface area contributed by atoms with E-state index in [0.717, 1.165) is 47.4 Å². The molecule has 0 unspecified atom stereocenters. The second-order valence-electron chi connectivity index (χ2n) is 5.42. The van der Waals surface area contributed by atoms with Gasteiger partial charge in [0.2, 0.25) is 0 Å². The number of pyridine rings is 1. The summed E-state index contributed by atoms with van der Waals surface area (Å²) in [5, 5.41) is 0.636. The van der Waals surface area contributed by atoms with Gasteiger partial charge in [0.15, 0.2) is 0 Å². The summed E-state index contributed by atoms with van der Waals surface area (Å²) in [5.74, 6) is 2.54. The summed E-state index contributed by atoms with van der Waals surface area (Å²) in [6.07, 6.45) is 4.67. The van der Waals surface area contributed by atoms with Crippen LogP contribution in [-0.2, 0) is 6.42 Å². The summed E-state index contributed by atoms with van der Waals surface area (Å²) in [5.41, 5.74) is 3.88. The van der Waals surface area contributed by atoms with Gasteiger partial charge in [-0.15, -0.1) is 23.4 Å². The first kappa shape index (κ1) is 18.5. The molecular formula is C17H21Cl2N3S. The first-order chi connectivity index (χ1) is 11.0. The lowest BCUT2D eigenvalue weighted by Gasteiger charge is -2.11. The highest BCUT2D eigenvalue weighted by Gasteiger charge is 2.13. The van der Waals surface area contributed by atoms with Crippen molar-refractivity contribution >= 4 is 35.0 Å². The van der Waals surface area contributed by atoms with E-state index in [1.54, 1.807) is 0 Å². The second kappa shape index (κ2) is 8.86. The van der Waals surface area contributed by atoms with Crippen LogP contribution in [0.25, 0.3) is 0 Å². The van der Waals surface area contributed by atoms with E-state index in [0.29, 0.717) is 11.4 Å². The predicted octanol–water partition coefficient (Wildman–Crippen LogP) is 5.15. The monoisotopic (exact) mass is 369 g/mol. The van der Waals surface area contributed by atoms with E-state index in [9.17, 15) is 0 Å². The zero-order valence-corrected chi connectivity index (χ0v) is 16.0. The van der Waals surface area contributed by atoms with E-state index >= 15 is 0 Å². The van der Waals surface area contributed by atoms with Crippen molar-refractivity contribution in [1.82, 2.24) is 15.0 Å². The lowest BCUT2D eigenvalue weighted by Crippen LogP contribution is -2.04. The standard InChI is InChI=1S/C17H21Cl2N3S/c1-11-14(10-15-17(19)12(2)21-13(3)22-15)20-8-6-16(11)23-9-5-4-7-18/h6,8H,4-5,7,9-10H2,1-3H3. The van der Waals surface area contributed by atoms with Crippen molar-refractivity contribution in [2.24, 2.45) is 0 Å². The molecule has 0 aliphatic carbocycles. The fourth-order valence-electron chi connectivity index (χ4n) is 2.32. The van der Waals surface area contributed by atoms with Crippen molar-refractivity contribution in [1.29, 1.82) is 0 Å². The molecule has 0 N–H and O–H groups in total. The van der Waals surface area contributed by atoms with Gasteiger partial charge in [-0.1, -0.05) is 11.6 Å². The van der Waals surface area contributed by atoms with Crippen molar-refractivity contribution in [3.63, 3.8) is 0 Å². The third-order valence-corrected chi connectivity index (χ3v) is 5.58. The van der Waals surface area contributed by atoms with E-state index in [2.05, 4.69) is 27.9 Å². The highest BCUT2D eigenvalue weighted by Crippen LogP contribution is 2.27. The van der Waals surface area contributed by atoms with Gasteiger partial charge in [0.25, 0.3) is 0 Å². The SMILES string of the molecule is Cc1nc(C)c(Cl)c(Cc2nccc(SCCCCCl)c2C)n1. The van der Waals surface area contributed by atoms with E-state index in [1.165, 1.54) is 10.5 Å². The van der Waals surface area contributed by atoms with Gasteiger partial charge in [-0.2, -0.15) is 0 Å². The van der Waals surface area contributed by atoms with Crippen LogP contribution in [0.2, 0.25) is 5.02 Å². The molecule has 0 aliphatic rings. The molecule has 0 radical (unpaired) electrons. The minimum absolute atomic E-state index is 0.630. The van der Waals surface area contributed by atoms with Crippen LogP contribution in [-0.4, -0.2) is 26.6 Å². The van der Waals surface area contributed by atoms with E-state index in [-0.39, 0.29) is 0 Å². The summed E-state index contributed by atoms with van der Waals surface area (Å²) in [7, 11) is 0. The Bertz CT molecular complexity index is 677. The summed E-state index contributed by atoms with van der Waals surface area (Å²) in [6.45, 7) is 5.90. The van der Waals surface area contributed by atoms with Gasteiger partial charge in [0.05, 0.1) is 22.1 Å². The number of alkyl halides is 1. The third-order valence-electron chi connectivity index (χ3n) is 3.58. The Morgan fingerprint density at radius 3 is 2.61 bits per heavy atom. The molecule has 0 aliphatic heterocycles. The molecule has 2 heterocycles. The number of hydrogen-bond donors (Lipinski definition) is 0. The number of halogens is 2. The van der Waals surface area contributed by atoms with Gasteiger partial charge in [0, 0.05) is 23.4 Å². The Balaban J connectivity index is 2.18. The molecule has 0 saturated heterocycles. The van der Waals surface area contributed by atoms with Crippen LogP contribution in [0.5, 0.6) is 0 Å². The van der Waals surface area contributed by atoms with Crippen molar-refractivity contribution < 1.29 is 0 Å². The Morgan fingerprint density at radius 2 is 1.87 bits per heavy atom. The lowest BCUT2D eigenvalue weighted by molar-refractivity contribution is 0.899. The minimum Gasteiger partial charge on any atom is -0.261 e. The molecule has 0 aromatic carbocycles. The van der Waals surface area contributed by atoms with Gasteiger partial charge in [-0.05, 0) is 51.0 Å². The number of unbranched alkanes of at least 4 members (excludes halogenated alkanes) is 1. The van der Waals surface area contributed by atoms with Gasteiger partial charge in [-0.25, -0.2) is 9.97 Å². The average Bonchev–Trinajstić information content (AvgIpc) is 2.52. The molecule has 2 rings (SSSR count). The Labute approximate surface area is 152 Å². The Kier molecular flexibility index (Phi) is 7.12. The van der Waals surface area contributed by atoms with E-state index in [1.807, 2.05) is 31.8 Å². The first-order valence-corrected chi connectivity index (χ1v) is 9.55. The van der Waals surface area contributed by atoms with E-state index < -0.39 is 0 Å². The summed E-state index contributed by atoms with van der Waals surface area (Å²) < 4.78 is 0. The van der Waals surface area contributed by atoms with Crippen LogP contribution in [0.4, 0.5) is 0 Å². The number of hydrogen-bond acceptors (Lipinski definition) is 4. The van der Waals surface area contributed by atoms with Crippen LogP contribution in [0, 0.1) is 20.8 Å². The van der Waals surface area contributed by atoms with Crippen LogP contribution < -0.4 is 0 Å². The van der Waals surface area contributed by atoms with Crippen molar-refractivity contribution in [2.75, 3.05) is 11.6 Å². The topological polar surface area (TPSA) is 38.7 Å². The van der Waals surface area contributed by atoms with Crippen LogP contribution >= 0.6 is 35.0 Å². The molecule has 0 saturated carbocycles. The normalized spacial score (nSPS) is 11.0. The number of aromatic nitrogens is 3. The summed E-state index contributed by atoms with van der Waals surface area (Å²) >= 11 is 13.9. The fourth-order valence-corrected chi connectivity index (χ4v) is 3.72. The van der Waals surface area contributed by atoms with Gasteiger partial charge in [0.1, 0.15) is 5.82 Å². The van der Waals surface area contributed by atoms with Gasteiger partial charge in [-0.3, -0.25) is 4.98 Å². The highest BCUT2D eigenvalue weighted by atomic mass is 35.5. The lowest BCUT2D eigenvalue weighted by atomic mass is 10.1. The van der Waals surface area contributed by atoms with Crippen molar-refractivity contribution in [3.8, 4) is 0 Å². The summed E-state index contributed by atoms with van der Waals surface area (Å²) in [6, 6.07) is 2.07. The largest absolute Gasteiger partial charge is 0.261 e. The number of thioether (sulfide) groups is 1. The van der Waals surface area contributed by atoms with Crippen molar-refractivity contribution in [3.05, 3.63) is 45.8 Å².